The van der Waals surface area contributed by atoms with Crippen LogP contribution in [-0.4, -0.2) is 60.6 Å². The van der Waals surface area contributed by atoms with Crippen molar-refractivity contribution >= 4 is 11.7 Å². The molecule has 2 aliphatic heterocycles. The summed E-state index contributed by atoms with van der Waals surface area (Å²) in [5.74, 6) is 0.749. The van der Waals surface area contributed by atoms with Crippen LogP contribution >= 0.6 is 0 Å². The van der Waals surface area contributed by atoms with Crippen LogP contribution in [0.2, 0.25) is 0 Å². The van der Waals surface area contributed by atoms with Gasteiger partial charge in [-0.15, -0.1) is 0 Å². The van der Waals surface area contributed by atoms with Gasteiger partial charge in [-0.3, -0.25) is 4.90 Å². The van der Waals surface area contributed by atoms with E-state index in [1.54, 1.807) is 7.11 Å². The Morgan fingerprint density at radius 2 is 1.65 bits per heavy atom. The molecule has 228 valence electrons. The third-order valence-electron chi connectivity index (χ3n) is 8.34. The van der Waals surface area contributed by atoms with Gasteiger partial charge in [0.2, 0.25) is 0 Å². The lowest BCUT2D eigenvalue weighted by Crippen LogP contribution is -2.49. The highest BCUT2D eigenvalue weighted by Crippen LogP contribution is 2.34. The topological polar surface area (TPSA) is 60.1 Å². The fourth-order valence-electron chi connectivity index (χ4n) is 5.90. The maximum absolute atomic E-state index is 13.6. The molecule has 10 heteroatoms. The molecule has 2 heterocycles. The van der Waals surface area contributed by atoms with Crippen LogP contribution in [-0.2, 0) is 12.7 Å². The van der Waals surface area contributed by atoms with Crippen molar-refractivity contribution in [2.24, 2.45) is 0 Å². The number of hydrogen-bond donors (Lipinski definition) is 2. The van der Waals surface area contributed by atoms with Gasteiger partial charge in [-0.2, -0.15) is 13.2 Å². The summed E-state index contributed by atoms with van der Waals surface area (Å²) in [5.41, 5.74) is 3.94. The fraction of sp³-hybridized carbons (Fsp3) is 0.364. The lowest BCUT2D eigenvalue weighted by molar-refractivity contribution is -0.137. The number of anilines is 1. The van der Waals surface area contributed by atoms with Gasteiger partial charge >= 0.3 is 12.2 Å². The van der Waals surface area contributed by atoms with Gasteiger partial charge in [0.05, 0.1) is 19.2 Å². The average Bonchev–Trinajstić information content (AvgIpc) is 3.29. The predicted molar refractivity (Wildman–Crippen MR) is 161 cm³/mol. The molecule has 3 aromatic rings. The number of rotatable bonds is 8. The molecular weight excluding hydrogens is 555 g/mol. The summed E-state index contributed by atoms with van der Waals surface area (Å²) in [7, 11) is 3.61. The molecule has 3 aromatic carbocycles. The molecule has 0 aromatic heterocycles. The van der Waals surface area contributed by atoms with Gasteiger partial charge in [0.25, 0.3) is 0 Å². The number of likely N-dealkylation sites (tertiary alicyclic amines) is 1. The first kappa shape index (κ1) is 30.3. The average molecular weight is 594 g/mol. The second-order valence-corrected chi connectivity index (χ2v) is 11.1. The Bertz CT molecular complexity index is 1420. The van der Waals surface area contributed by atoms with Gasteiger partial charge in [0, 0.05) is 55.4 Å². The van der Waals surface area contributed by atoms with Crippen molar-refractivity contribution in [3.8, 4) is 5.75 Å². The molecule has 0 bridgehead atoms. The van der Waals surface area contributed by atoms with Crippen LogP contribution in [0.3, 0.4) is 0 Å². The minimum atomic E-state index is -4.36. The van der Waals surface area contributed by atoms with Crippen molar-refractivity contribution in [3.05, 3.63) is 107 Å². The summed E-state index contributed by atoms with van der Waals surface area (Å²) in [4.78, 5) is 20.0. The largest absolute Gasteiger partial charge is 0.496 e. The van der Waals surface area contributed by atoms with Crippen molar-refractivity contribution in [2.75, 3.05) is 39.1 Å². The summed E-state index contributed by atoms with van der Waals surface area (Å²) in [5, 5.41) is 6.50. The fourth-order valence-corrected chi connectivity index (χ4v) is 5.90. The number of methoxy groups -OCH3 is 1. The van der Waals surface area contributed by atoms with Crippen LogP contribution in [0.25, 0.3) is 0 Å². The molecule has 2 aliphatic rings. The third-order valence-corrected chi connectivity index (χ3v) is 8.34. The number of piperidine rings is 1. The number of amides is 2. The number of nitrogens with zero attached hydrogens (tertiary/aromatic N) is 3. The second-order valence-electron chi connectivity index (χ2n) is 11.1. The molecule has 0 radical (unpaired) electrons. The number of likely N-dealkylation sites (N-methyl/N-ethyl adjacent to an activating group) is 1. The number of halogens is 3. The highest BCUT2D eigenvalue weighted by Gasteiger charge is 2.34. The SMILES string of the molecule is COc1ccccc1CN(C(=O)Nc1ccccc1)C1CCN(CC2=C(C)NC(c3ccc(C(F)(F)F)cc3)N2C)CC1. The maximum Gasteiger partial charge on any atom is 0.416 e. The number of nitrogens with one attached hydrogen (secondary N) is 2. The lowest BCUT2D eigenvalue weighted by atomic mass is 10.0. The summed E-state index contributed by atoms with van der Waals surface area (Å²) >= 11 is 0. The van der Waals surface area contributed by atoms with Gasteiger partial charge in [0.15, 0.2) is 0 Å². The predicted octanol–water partition coefficient (Wildman–Crippen LogP) is 6.68. The van der Waals surface area contributed by atoms with E-state index >= 15 is 0 Å². The molecule has 0 spiro atoms. The Morgan fingerprint density at radius 1 is 1.00 bits per heavy atom. The minimum Gasteiger partial charge on any atom is -0.496 e. The van der Waals surface area contributed by atoms with Crippen LogP contribution in [0.1, 0.15) is 42.6 Å². The van der Waals surface area contributed by atoms with Gasteiger partial charge < -0.3 is 25.2 Å². The van der Waals surface area contributed by atoms with E-state index in [1.165, 1.54) is 12.1 Å². The van der Waals surface area contributed by atoms with Crippen LogP contribution in [0.15, 0.2) is 90.3 Å². The van der Waals surface area contributed by atoms with E-state index in [1.807, 2.05) is 73.5 Å². The Hall–Kier alpha value is -4.18. The molecule has 43 heavy (non-hydrogen) atoms. The first-order valence-corrected chi connectivity index (χ1v) is 14.5. The summed E-state index contributed by atoms with van der Waals surface area (Å²) in [6.07, 6.45) is -2.97. The van der Waals surface area contributed by atoms with E-state index in [0.29, 0.717) is 13.1 Å². The molecule has 7 nitrogen and oxygen atoms in total. The number of benzene rings is 3. The van der Waals surface area contributed by atoms with E-state index in [0.717, 1.165) is 72.0 Å². The zero-order chi connectivity index (χ0) is 30.6. The van der Waals surface area contributed by atoms with Crippen molar-refractivity contribution < 1.29 is 22.7 Å². The molecule has 1 unspecified atom stereocenters. The first-order chi connectivity index (χ1) is 20.6. The molecular formula is C33H38F3N5O2. The maximum atomic E-state index is 13.6. The van der Waals surface area contributed by atoms with E-state index in [-0.39, 0.29) is 18.2 Å². The van der Waals surface area contributed by atoms with E-state index in [4.69, 9.17) is 4.74 Å². The van der Waals surface area contributed by atoms with Crippen molar-refractivity contribution in [1.29, 1.82) is 0 Å². The molecule has 1 atom stereocenters. The number of urea groups is 1. The van der Waals surface area contributed by atoms with Crippen LogP contribution in [0.4, 0.5) is 23.7 Å². The van der Waals surface area contributed by atoms with Gasteiger partial charge in [-0.05, 0) is 55.7 Å². The summed E-state index contributed by atoms with van der Waals surface area (Å²) in [6, 6.07) is 22.5. The monoisotopic (exact) mass is 593 g/mol. The van der Waals surface area contributed by atoms with Crippen molar-refractivity contribution in [3.63, 3.8) is 0 Å². The first-order valence-electron chi connectivity index (χ1n) is 14.5. The molecule has 2 amide bonds. The summed E-state index contributed by atoms with van der Waals surface area (Å²) in [6.45, 7) is 4.76. The number of para-hydroxylation sites is 2. The molecule has 1 fully saturated rings. The highest BCUT2D eigenvalue weighted by molar-refractivity contribution is 5.89. The molecule has 2 N–H and O–H groups in total. The smallest absolute Gasteiger partial charge is 0.416 e. The standard InChI is InChI=1S/C33H38F3N5O2/c1-23-29(39(2)31(37-23)24-13-15-26(16-14-24)33(34,35)36)22-40-19-17-28(18-20-40)41(21-25-9-7-8-12-30(25)43-3)32(42)38-27-10-5-4-6-11-27/h4-16,28,31,37H,17-22H2,1-3H3,(H,38,42). The summed E-state index contributed by atoms with van der Waals surface area (Å²) < 4.78 is 44.7. The Kier molecular flexibility index (Phi) is 9.15. The van der Waals surface area contributed by atoms with Gasteiger partial charge in [-0.1, -0.05) is 48.5 Å². The number of allylic oxidation sites excluding steroid dienone is 1. The Morgan fingerprint density at radius 3 is 2.30 bits per heavy atom. The van der Waals surface area contributed by atoms with E-state index in [2.05, 4.69) is 20.4 Å². The van der Waals surface area contributed by atoms with Crippen LogP contribution in [0.5, 0.6) is 5.75 Å². The molecule has 5 rings (SSSR count). The van der Waals surface area contributed by atoms with Crippen molar-refractivity contribution in [2.45, 2.75) is 44.7 Å². The molecule has 0 aliphatic carbocycles. The second kappa shape index (κ2) is 13.0. The Labute approximate surface area is 250 Å². The number of carbonyl (C=O) groups excluding carboxylic acids is 1. The normalized spacial score (nSPS) is 18.0. The molecule has 1 saturated heterocycles. The van der Waals surface area contributed by atoms with Crippen LogP contribution < -0.4 is 15.4 Å². The minimum absolute atomic E-state index is 0.0410. The third kappa shape index (κ3) is 7.07. The Balaban J connectivity index is 1.24. The van der Waals surface area contributed by atoms with E-state index < -0.39 is 11.7 Å². The number of alkyl halides is 3. The quantitative estimate of drug-likeness (QED) is 0.305. The lowest BCUT2D eigenvalue weighted by Gasteiger charge is -2.39. The van der Waals surface area contributed by atoms with Crippen molar-refractivity contribution in [1.82, 2.24) is 20.0 Å². The van der Waals surface area contributed by atoms with Gasteiger partial charge in [0.1, 0.15) is 11.9 Å². The zero-order valence-electron chi connectivity index (χ0n) is 24.7. The highest BCUT2D eigenvalue weighted by atomic mass is 19.4. The number of hydrogen-bond acceptors (Lipinski definition) is 5. The number of ether oxygens (including phenoxy) is 1. The van der Waals surface area contributed by atoms with Gasteiger partial charge in [-0.25, -0.2) is 4.79 Å². The zero-order valence-corrected chi connectivity index (χ0v) is 24.7. The number of carbonyl (C=O) groups is 1. The molecule has 0 saturated carbocycles. The van der Waals surface area contributed by atoms with Crippen LogP contribution in [0, 0.1) is 0 Å². The van der Waals surface area contributed by atoms with E-state index in [9.17, 15) is 18.0 Å².